The summed E-state index contributed by atoms with van der Waals surface area (Å²) in [7, 11) is 0. The van der Waals surface area contributed by atoms with Gasteiger partial charge in [-0.25, -0.2) is 9.97 Å². The standard InChI is InChI=1S/C9H13Cl2N3/c1-6(2)8(11)5-14-9-12-3-7(10)4-13-9/h3-4,6,8H,5H2,1-2H3,(H,12,13,14). The van der Waals surface area contributed by atoms with Crippen molar-refractivity contribution in [2.45, 2.75) is 19.2 Å². The SMILES string of the molecule is CC(C)C(Cl)CNc1ncc(Cl)cn1. The third-order valence-corrected chi connectivity index (χ3v) is 2.65. The van der Waals surface area contributed by atoms with Gasteiger partial charge in [0, 0.05) is 6.54 Å². The highest BCUT2D eigenvalue weighted by Gasteiger charge is 2.09. The van der Waals surface area contributed by atoms with E-state index in [1.54, 1.807) is 12.4 Å². The van der Waals surface area contributed by atoms with Crippen molar-refractivity contribution in [3.63, 3.8) is 0 Å². The van der Waals surface area contributed by atoms with Gasteiger partial charge in [0.2, 0.25) is 5.95 Å². The molecule has 1 atom stereocenters. The first-order valence-corrected chi connectivity index (χ1v) is 5.26. The number of halogens is 2. The molecule has 0 fully saturated rings. The first-order valence-electron chi connectivity index (χ1n) is 4.45. The normalized spacial score (nSPS) is 12.9. The van der Waals surface area contributed by atoms with E-state index in [1.165, 1.54) is 0 Å². The minimum Gasteiger partial charge on any atom is -0.353 e. The Morgan fingerprint density at radius 2 is 1.93 bits per heavy atom. The third-order valence-electron chi connectivity index (χ3n) is 1.80. The lowest BCUT2D eigenvalue weighted by Crippen LogP contribution is -2.20. The summed E-state index contributed by atoms with van der Waals surface area (Å²) in [5.74, 6) is 0.983. The summed E-state index contributed by atoms with van der Waals surface area (Å²) in [5, 5.41) is 3.65. The lowest BCUT2D eigenvalue weighted by atomic mass is 10.1. The van der Waals surface area contributed by atoms with E-state index in [1.807, 2.05) is 0 Å². The zero-order chi connectivity index (χ0) is 10.6. The number of rotatable bonds is 4. The van der Waals surface area contributed by atoms with E-state index in [0.29, 0.717) is 23.4 Å². The van der Waals surface area contributed by atoms with Gasteiger partial charge in [-0.3, -0.25) is 0 Å². The Labute approximate surface area is 93.9 Å². The maximum atomic E-state index is 6.05. The van der Waals surface area contributed by atoms with Crippen LogP contribution in [0.5, 0.6) is 0 Å². The molecule has 1 heterocycles. The molecule has 1 aromatic rings. The van der Waals surface area contributed by atoms with Gasteiger partial charge in [-0.05, 0) is 5.92 Å². The minimum atomic E-state index is 0.0780. The monoisotopic (exact) mass is 233 g/mol. The Kier molecular flexibility index (Phi) is 4.42. The summed E-state index contributed by atoms with van der Waals surface area (Å²) in [5.41, 5.74) is 0. The Balaban J connectivity index is 2.42. The largest absolute Gasteiger partial charge is 0.353 e. The molecule has 78 valence electrons. The van der Waals surface area contributed by atoms with Crippen LogP contribution in [0.2, 0.25) is 5.02 Å². The molecule has 0 saturated carbocycles. The second kappa shape index (κ2) is 5.37. The van der Waals surface area contributed by atoms with Crippen LogP contribution in [0.15, 0.2) is 12.4 Å². The van der Waals surface area contributed by atoms with Gasteiger partial charge in [0.15, 0.2) is 0 Å². The van der Waals surface area contributed by atoms with Crippen LogP contribution in [0.25, 0.3) is 0 Å². The summed E-state index contributed by atoms with van der Waals surface area (Å²) >= 11 is 11.7. The maximum Gasteiger partial charge on any atom is 0.222 e. The third kappa shape index (κ3) is 3.68. The van der Waals surface area contributed by atoms with E-state index in [9.17, 15) is 0 Å². The molecular formula is C9H13Cl2N3. The van der Waals surface area contributed by atoms with Gasteiger partial charge in [-0.1, -0.05) is 25.4 Å². The summed E-state index contributed by atoms with van der Waals surface area (Å²) in [6.07, 6.45) is 3.10. The zero-order valence-corrected chi connectivity index (χ0v) is 9.68. The molecule has 0 amide bonds. The summed E-state index contributed by atoms with van der Waals surface area (Å²) in [6.45, 7) is 4.80. The number of hydrogen-bond acceptors (Lipinski definition) is 3. The molecule has 0 aromatic carbocycles. The molecular weight excluding hydrogens is 221 g/mol. The molecule has 0 aliphatic rings. The summed E-state index contributed by atoms with van der Waals surface area (Å²) in [4.78, 5) is 7.99. The van der Waals surface area contributed by atoms with Crippen molar-refractivity contribution in [3.8, 4) is 0 Å². The second-order valence-corrected chi connectivity index (χ2v) is 4.36. The van der Waals surface area contributed by atoms with Crippen LogP contribution in [0.1, 0.15) is 13.8 Å². The molecule has 1 N–H and O–H groups in total. The highest BCUT2D eigenvalue weighted by atomic mass is 35.5. The molecule has 1 rings (SSSR count). The first kappa shape index (κ1) is 11.5. The van der Waals surface area contributed by atoms with Crippen LogP contribution in [-0.4, -0.2) is 21.9 Å². The molecule has 0 bridgehead atoms. The van der Waals surface area contributed by atoms with E-state index < -0.39 is 0 Å². The van der Waals surface area contributed by atoms with E-state index >= 15 is 0 Å². The average molecular weight is 234 g/mol. The predicted molar refractivity (Wildman–Crippen MR) is 60.0 cm³/mol. The zero-order valence-electron chi connectivity index (χ0n) is 8.17. The fourth-order valence-corrected chi connectivity index (χ4v) is 1.00. The highest BCUT2D eigenvalue weighted by molar-refractivity contribution is 6.30. The van der Waals surface area contributed by atoms with E-state index in [4.69, 9.17) is 23.2 Å². The molecule has 0 saturated heterocycles. The quantitative estimate of drug-likeness (QED) is 0.814. The lowest BCUT2D eigenvalue weighted by molar-refractivity contribution is 0.615. The van der Waals surface area contributed by atoms with Crippen molar-refractivity contribution in [1.29, 1.82) is 0 Å². The van der Waals surface area contributed by atoms with Gasteiger partial charge in [0.1, 0.15) is 0 Å². The molecule has 0 spiro atoms. The van der Waals surface area contributed by atoms with Gasteiger partial charge in [0.25, 0.3) is 0 Å². The van der Waals surface area contributed by atoms with E-state index in [-0.39, 0.29) is 5.38 Å². The topological polar surface area (TPSA) is 37.8 Å². The Morgan fingerprint density at radius 1 is 1.36 bits per heavy atom. The molecule has 0 aliphatic carbocycles. The van der Waals surface area contributed by atoms with Crippen molar-refractivity contribution in [2.75, 3.05) is 11.9 Å². The molecule has 1 aromatic heterocycles. The smallest absolute Gasteiger partial charge is 0.222 e. The van der Waals surface area contributed by atoms with Gasteiger partial charge in [0.05, 0.1) is 22.8 Å². The fourth-order valence-electron chi connectivity index (χ4n) is 0.828. The van der Waals surface area contributed by atoms with Gasteiger partial charge in [-0.15, -0.1) is 11.6 Å². The number of nitrogens with zero attached hydrogens (tertiary/aromatic N) is 2. The summed E-state index contributed by atoms with van der Waals surface area (Å²) in [6, 6.07) is 0. The first-order chi connectivity index (χ1) is 6.59. The van der Waals surface area contributed by atoms with Gasteiger partial charge < -0.3 is 5.32 Å². The highest BCUT2D eigenvalue weighted by Crippen LogP contribution is 2.10. The van der Waals surface area contributed by atoms with Crippen molar-refractivity contribution in [1.82, 2.24) is 9.97 Å². The molecule has 1 unspecified atom stereocenters. The van der Waals surface area contributed by atoms with Crippen molar-refractivity contribution in [3.05, 3.63) is 17.4 Å². The number of nitrogens with one attached hydrogen (secondary N) is 1. The van der Waals surface area contributed by atoms with Gasteiger partial charge >= 0.3 is 0 Å². The number of aromatic nitrogens is 2. The maximum absolute atomic E-state index is 6.05. The number of anilines is 1. The van der Waals surface area contributed by atoms with Crippen LogP contribution >= 0.6 is 23.2 Å². The lowest BCUT2D eigenvalue weighted by Gasteiger charge is -2.13. The molecule has 3 nitrogen and oxygen atoms in total. The van der Waals surface area contributed by atoms with Crippen molar-refractivity contribution >= 4 is 29.2 Å². The van der Waals surface area contributed by atoms with Crippen LogP contribution < -0.4 is 5.32 Å². The van der Waals surface area contributed by atoms with Crippen LogP contribution in [0, 0.1) is 5.92 Å². The molecule has 0 aliphatic heterocycles. The van der Waals surface area contributed by atoms with Crippen molar-refractivity contribution in [2.24, 2.45) is 5.92 Å². The molecule has 5 heteroatoms. The average Bonchev–Trinajstić information content (AvgIpc) is 2.16. The Morgan fingerprint density at radius 3 is 2.43 bits per heavy atom. The fraction of sp³-hybridized carbons (Fsp3) is 0.556. The Bertz CT molecular complexity index is 274. The van der Waals surface area contributed by atoms with E-state index in [0.717, 1.165) is 0 Å². The van der Waals surface area contributed by atoms with Crippen LogP contribution in [-0.2, 0) is 0 Å². The molecule has 14 heavy (non-hydrogen) atoms. The number of alkyl halides is 1. The Hall–Kier alpha value is -0.540. The summed E-state index contributed by atoms with van der Waals surface area (Å²) < 4.78 is 0. The van der Waals surface area contributed by atoms with Gasteiger partial charge in [-0.2, -0.15) is 0 Å². The second-order valence-electron chi connectivity index (χ2n) is 3.37. The van der Waals surface area contributed by atoms with Crippen molar-refractivity contribution < 1.29 is 0 Å². The van der Waals surface area contributed by atoms with E-state index in [2.05, 4.69) is 29.1 Å². The minimum absolute atomic E-state index is 0.0780. The number of hydrogen-bond donors (Lipinski definition) is 1. The molecule has 0 radical (unpaired) electrons. The predicted octanol–water partition coefficient (Wildman–Crippen LogP) is 2.81. The van der Waals surface area contributed by atoms with Crippen LogP contribution in [0.4, 0.5) is 5.95 Å². The van der Waals surface area contributed by atoms with Crippen LogP contribution in [0.3, 0.4) is 0 Å².